The molecule has 1 N–H and O–H groups in total. The van der Waals surface area contributed by atoms with Crippen LogP contribution in [0.3, 0.4) is 0 Å². The number of aromatic nitrogens is 2. The molecule has 0 aromatic carbocycles. The summed E-state index contributed by atoms with van der Waals surface area (Å²) in [4.78, 5) is 0. The van der Waals surface area contributed by atoms with Crippen molar-refractivity contribution in [2.45, 2.75) is 45.1 Å². The summed E-state index contributed by atoms with van der Waals surface area (Å²) in [5, 5.41) is 7.98. The molecule has 3 rings (SSSR count). The van der Waals surface area contributed by atoms with E-state index in [2.05, 4.69) is 30.6 Å². The zero-order valence-electron chi connectivity index (χ0n) is 11.8. The number of nitrogens with zero attached hydrogens (tertiary/aromatic N) is 2. The SMILES string of the molecule is CNC(CC1CC2CCC1C2)c1cn(C)nc1C. The predicted molar refractivity (Wildman–Crippen MR) is 73.3 cm³/mol. The first-order chi connectivity index (χ1) is 8.67. The maximum Gasteiger partial charge on any atom is 0.0641 e. The van der Waals surface area contributed by atoms with Crippen LogP contribution in [-0.2, 0) is 7.05 Å². The van der Waals surface area contributed by atoms with Crippen molar-refractivity contribution in [3.8, 4) is 0 Å². The summed E-state index contributed by atoms with van der Waals surface area (Å²) in [5.41, 5.74) is 2.57. The number of fused-ring (bicyclic) bond motifs is 2. The summed E-state index contributed by atoms with van der Waals surface area (Å²) in [6.07, 6.45) is 9.44. The fourth-order valence-electron chi connectivity index (χ4n) is 4.33. The summed E-state index contributed by atoms with van der Waals surface area (Å²) in [6, 6.07) is 0.489. The molecular weight excluding hydrogens is 222 g/mol. The van der Waals surface area contributed by atoms with E-state index in [1.807, 2.05) is 11.7 Å². The number of rotatable bonds is 4. The maximum absolute atomic E-state index is 4.48. The van der Waals surface area contributed by atoms with Gasteiger partial charge in [-0.3, -0.25) is 4.68 Å². The van der Waals surface area contributed by atoms with Crippen molar-refractivity contribution >= 4 is 0 Å². The maximum atomic E-state index is 4.48. The molecule has 18 heavy (non-hydrogen) atoms. The Morgan fingerprint density at radius 1 is 1.44 bits per heavy atom. The fourth-order valence-corrected chi connectivity index (χ4v) is 4.33. The zero-order valence-corrected chi connectivity index (χ0v) is 11.8. The second-order valence-corrected chi connectivity index (χ2v) is 6.36. The molecule has 4 atom stereocenters. The Hall–Kier alpha value is -0.830. The molecule has 1 aromatic rings. The van der Waals surface area contributed by atoms with Crippen LogP contribution in [-0.4, -0.2) is 16.8 Å². The van der Waals surface area contributed by atoms with Crippen molar-refractivity contribution in [2.24, 2.45) is 24.8 Å². The van der Waals surface area contributed by atoms with Gasteiger partial charge in [-0.05, 0) is 57.4 Å². The average molecular weight is 247 g/mol. The minimum atomic E-state index is 0.489. The highest BCUT2D eigenvalue weighted by Gasteiger charge is 2.40. The fraction of sp³-hybridized carbons (Fsp3) is 0.800. The van der Waals surface area contributed by atoms with Crippen LogP contribution in [0.25, 0.3) is 0 Å². The normalized spacial score (nSPS) is 32.1. The number of nitrogens with one attached hydrogen (secondary N) is 1. The molecule has 2 fully saturated rings. The van der Waals surface area contributed by atoms with Gasteiger partial charge in [0.25, 0.3) is 0 Å². The van der Waals surface area contributed by atoms with Crippen LogP contribution >= 0.6 is 0 Å². The third-order valence-electron chi connectivity index (χ3n) is 5.20. The summed E-state index contributed by atoms with van der Waals surface area (Å²) in [7, 11) is 4.10. The summed E-state index contributed by atoms with van der Waals surface area (Å²) in [6.45, 7) is 2.13. The van der Waals surface area contributed by atoms with Gasteiger partial charge in [-0.25, -0.2) is 0 Å². The Bertz CT molecular complexity index is 423. The Kier molecular flexibility index (Phi) is 3.18. The molecule has 0 amide bonds. The van der Waals surface area contributed by atoms with E-state index < -0.39 is 0 Å². The van der Waals surface area contributed by atoms with Crippen molar-refractivity contribution in [1.82, 2.24) is 15.1 Å². The summed E-state index contributed by atoms with van der Waals surface area (Å²) < 4.78 is 1.94. The predicted octanol–water partition coefficient (Wildman–Crippen LogP) is 2.82. The Balaban J connectivity index is 1.71. The van der Waals surface area contributed by atoms with Crippen LogP contribution in [0, 0.1) is 24.7 Å². The van der Waals surface area contributed by atoms with Gasteiger partial charge in [0.05, 0.1) is 5.69 Å². The summed E-state index contributed by atoms with van der Waals surface area (Å²) in [5.74, 6) is 3.01. The molecule has 0 radical (unpaired) electrons. The van der Waals surface area contributed by atoms with Gasteiger partial charge in [0, 0.05) is 24.8 Å². The Morgan fingerprint density at radius 2 is 2.28 bits per heavy atom. The lowest BCUT2D eigenvalue weighted by Crippen LogP contribution is -2.23. The molecule has 0 saturated heterocycles. The zero-order chi connectivity index (χ0) is 12.7. The molecule has 0 aliphatic heterocycles. The molecule has 2 bridgehead atoms. The van der Waals surface area contributed by atoms with E-state index in [0.29, 0.717) is 6.04 Å². The van der Waals surface area contributed by atoms with Crippen molar-refractivity contribution in [3.05, 3.63) is 17.5 Å². The van der Waals surface area contributed by atoms with Crippen LogP contribution < -0.4 is 5.32 Å². The van der Waals surface area contributed by atoms with Gasteiger partial charge in [0.15, 0.2) is 0 Å². The van der Waals surface area contributed by atoms with E-state index in [-0.39, 0.29) is 0 Å². The van der Waals surface area contributed by atoms with E-state index in [4.69, 9.17) is 0 Å². The molecule has 0 spiro atoms. The van der Waals surface area contributed by atoms with E-state index >= 15 is 0 Å². The van der Waals surface area contributed by atoms with Crippen molar-refractivity contribution < 1.29 is 0 Å². The van der Waals surface area contributed by atoms with Gasteiger partial charge >= 0.3 is 0 Å². The third kappa shape index (κ3) is 2.09. The van der Waals surface area contributed by atoms with Crippen molar-refractivity contribution in [3.63, 3.8) is 0 Å². The molecule has 2 saturated carbocycles. The van der Waals surface area contributed by atoms with Crippen LogP contribution in [0.5, 0.6) is 0 Å². The third-order valence-corrected chi connectivity index (χ3v) is 5.20. The van der Waals surface area contributed by atoms with Gasteiger partial charge in [-0.1, -0.05) is 6.42 Å². The molecule has 3 nitrogen and oxygen atoms in total. The Labute approximate surface area is 110 Å². The standard InChI is InChI=1S/C15H25N3/c1-10-14(9-18(3)17-10)15(16-2)8-13-7-11-4-5-12(13)6-11/h9,11-13,15-16H,4-8H2,1-3H3. The van der Waals surface area contributed by atoms with E-state index in [0.717, 1.165) is 17.8 Å². The van der Waals surface area contributed by atoms with Crippen molar-refractivity contribution in [1.29, 1.82) is 0 Å². The van der Waals surface area contributed by atoms with Gasteiger partial charge in [0.1, 0.15) is 0 Å². The highest BCUT2D eigenvalue weighted by molar-refractivity contribution is 5.20. The molecule has 4 unspecified atom stereocenters. The van der Waals surface area contributed by atoms with Gasteiger partial charge in [0.2, 0.25) is 0 Å². The van der Waals surface area contributed by atoms with E-state index in [9.17, 15) is 0 Å². The van der Waals surface area contributed by atoms with Crippen LogP contribution in [0.2, 0.25) is 0 Å². The second-order valence-electron chi connectivity index (χ2n) is 6.36. The lowest BCUT2D eigenvalue weighted by Gasteiger charge is -2.26. The monoisotopic (exact) mass is 247 g/mol. The molecule has 2 aliphatic carbocycles. The van der Waals surface area contributed by atoms with E-state index in [1.165, 1.54) is 43.4 Å². The molecule has 1 heterocycles. The van der Waals surface area contributed by atoms with E-state index in [1.54, 1.807) is 0 Å². The highest BCUT2D eigenvalue weighted by Crippen LogP contribution is 2.50. The Morgan fingerprint density at radius 3 is 2.78 bits per heavy atom. The topological polar surface area (TPSA) is 29.9 Å². The smallest absolute Gasteiger partial charge is 0.0641 e. The van der Waals surface area contributed by atoms with Gasteiger partial charge in [-0.15, -0.1) is 0 Å². The van der Waals surface area contributed by atoms with Crippen LogP contribution in [0.1, 0.15) is 49.4 Å². The lowest BCUT2D eigenvalue weighted by atomic mass is 9.83. The molecule has 1 aromatic heterocycles. The lowest BCUT2D eigenvalue weighted by molar-refractivity contribution is 0.284. The van der Waals surface area contributed by atoms with Crippen LogP contribution in [0.4, 0.5) is 0 Å². The number of hydrogen-bond acceptors (Lipinski definition) is 2. The first-order valence-corrected chi connectivity index (χ1v) is 7.34. The molecule has 100 valence electrons. The quantitative estimate of drug-likeness (QED) is 0.886. The first kappa shape index (κ1) is 12.2. The average Bonchev–Trinajstić information content (AvgIpc) is 3.01. The first-order valence-electron chi connectivity index (χ1n) is 7.34. The van der Waals surface area contributed by atoms with Gasteiger partial charge in [-0.2, -0.15) is 5.10 Å². The summed E-state index contributed by atoms with van der Waals surface area (Å²) >= 11 is 0. The van der Waals surface area contributed by atoms with Gasteiger partial charge < -0.3 is 5.32 Å². The minimum absolute atomic E-state index is 0.489. The largest absolute Gasteiger partial charge is 0.313 e. The molecule has 2 aliphatic rings. The highest BCUT2D eigenvalue weighted by atomic mass is 15.3. The number of aryl methyl sites for hydroxylation is 2. The second kappa shape index (κ2) is 4.69. The minimum Gasteiger partial charge on any atom is -0.313 e. The molecule has 3 heteroatoms. The van der Waals surface area contributed by atoms with Crippen molar-refractivity contribution in [2.75, 3.05) is 7.05 Å². The molecular formula is C15H25N3. The number of hydrogen-bond donors (Lipinski definition) is 1. The van der Waals surface area contributed by atoms with Crippen LogP contribution in [0.15, 0.2) is 6.20 Å².